The maximum atomic E-state index is 12.4. The number of esters is 1. The third kappa shape index (κ3) is 4.56. The summed E-state index contributed by atoms with van der Waals surface area (Å²) in [5.41, 5.74) is 3.18. The molecule has 7 heteroatoms. The van der Waals surface area contributed by atoms with Crippen molar-refractivity contribution in [1.82, 2.24) is 10.1 Å². The standard InChI is InChI=1S/C24H20N2O5/c1-28-19-12-13-20(21(14-19)29-2)23-25-22(31-26-23)15-30-24(27)18-10-8-17(9-11-18)16-6-4-3-5-7-16/h3-14H,15H2,1-2H3. The fourth-order valence-corrected chi connectivity index (χ4v) is 3.05. The first-order valence-electron chi connectivity index (χ1n) is 9.55. The average molecular weight is 416 g/mol. The van der Waals surface area contributed by atoms with E-state index in [2.05, 4.69) is 10.1 Å². The minimum Gasteiger partial charge on any atom is -0.497 e. The highest BCUT2D eigenvalue weighted by atomic mass is 16.6. The Hall–Kier alpha value is -4.13. The molecule has 0 aliphatic rings. The van der Waals surface area contributed by atoms with E-state index in [1.54, 1.807) is 44.6 Å². The van der Waals surface area contributed by atoms with Crippen LogP contribution < -0.4 is 9.47 Å². The average Bonchev–Trinajstić information content (AvgIpc) is 3.31. The van der Waals surface area contributed by atoms with Crippen LogP contribution in [-0.4, -0.2) is 30.3 Å². The van der Waals surface area contributed by atoms with E-state index in [-0.39, 0.29) is 12.5 Å². The van der Waals surface area contributed by atoms with E-state index >= 15 is 0 Å². The van der Waals surface area contributed by atoms with Crippen LogP contribution in [-0.2, 0) is 11.3 Å². The fourth-order valence-electron chi connectivity index (χ4n) is 3.05. The molecule has 1 aromatic heterocycles. The van der Waals surface area contributed by atoms with Crippen LogP contribution in [0.5, 0.6) is 11.5 Å². The summed E-state index contributed by atoms with van der Waals surface area (Å²) < 4.78 is 21.1. The number of carbonyl (C=O) groups is 1. The zero-order valence-corrected chi connectivity index (χ0v) is 17.1. The molecule has 0 N–H and O–H groups in total. The quantitative estimate of drug-likeness (QED) is 0.401. The maximum Gasteiger partial charge on any atom is 0.338 e. The molecular weight excluding hydrogens is 396 g/mol. The van der Waals surface area contributed by atoms with Crippen molar-refractivity contribution in [2.75, 3.05) is 14.2 Å². The van der Waals surface area contributed by atoms with E-state index in [0.29, 0.717) is 28.5 Å². The lowest BCUT2D eigenvalue weighted by Gasteiger charge is -2.07. The number of nitrogens with zero attached hydrogens (tertiary/aromatic N) is 2. The van der Waals surface area contributed by atoms with Gasteiger partial charge >= 0.3 is 5.97 Å². The van der Waals surface area contributed by atoms with Gasteiger partial charge in [0.05, 0.1) is 25.3 Å². The van der Waals surface area contributed by atoms with Crippen LogP contribution in [0.2, 0.25) is 0 Å². The van der Waals surface area contributed by atoms with Crippen molar-refractivity contribution in [3.63, 3.8) is 0 Å². The summed E-state index contributed by atoms with van der Waals surface area (Å²) in [4.78, 5) is 16.7. The lowest BCUT2D eigenvalue weighted by atomic mass is 10.0. The molecule has 0 bridgehead atoms. The third-order valence-corrected chi connectivity index (χ3v) is 4.67. The van der Waals surface area contributed by atoms with Crippen molar-refractivity contribution >= 4 is 5.97 Å². The summed E-state index contributed by atoms with van der Waals surface area (Å²) in [5.74, 6) is 1.24. The van der Waals surface area contributed by atoms with Crippen LogP contribution in [0.1, 0.15) is 16.2 Å². The predicted octanol–water partition coefficient (Wildman–Crippen LogP) is 4.78. The Kier molecular flexibility index (Phi) is 5.93. The van der Waals surface area contributed by atoms with Crippen molar-refractivity contribution in [2.24, 2.45) is 0 Å². The first-order chi connectivity index (χ1) is 15.2. The van der Waals surface area contributed by atoms with Gasteiger partial charge in [-0.3, -0.25) is 0 Å². The summed E-state index contributed by atoms with van der Waals surface area (Å²) in [5, 5.41) is 3.95. The van der Waals surface area contributed by atoms with Crippen molar-refractivity contribution < 1.29 is 23.5 Å². The molecule has 0 saturated carbocycles. The van der Waals surface area contributed by atoms with E-state index < -0.39 is 5.97 Å². The molecule has 0 saturated heterocycles. The number of benzene rings is 3. The number of aromatic nitrogens is 2. The molecular formula is C24H20N2O5. The molecule has 0 atom stereocenters. The molecule has 4 rings (SSSR count). The van der Waals surface area contributed by atoms with Crippen molar-refractivity contribution in [3.05, 3.63) is 84.3 Å². The van der Waals surface area contributed by atoms with Gasteiger partial charge in [-0.2, -0.15) is 4.98 Å². The minimum atomic E-state index is -0.471. The van der Waals surface area contributed by atoms with E-state index in [4.69, 9.17) is 18.7 Å². The van der Waals surface area contributed by atoms with Crippen LogP contribution in [0.4, 0.5) is 0 Å². The summed E-state index contributed by atoms with van der Waals surface area (Å²) >= 11 is 0. The van der Waals surface area contributed by atoms with Crippen LogP contribution in [0.3, 0.4) is 0 Å². The predicted molar refractivity (Wildman–Crippen MR) is 114 cm³/mol. The number of hydrogen-bond acceptors (Lipinski definition) is 7. The van der Waals surface area contributed by atoms with Crippen molar-refractivity contribution in [3.8, 4) is 34.0 Å². The van der Waals surface area contributed by atoms with Gasteiger partial charge in [0.2, 0.25) is 5.82 Å². The first kappa shape index (κ1) is 20.2. The van der Waals surface area contributed by atoms with Crippen molar-refractivity contribution in [2.45, 2.75) is 6.61 Å². The zero-order chi connectivity index (χ0) is 21.6. The normalized spacial score (nSPS) is 10.5. The topological polar surface area (TPSA) is 83.7 Å². The van der Waals surface area contributed by atoms with Gasteiger partial charge in [0.1, 0.15) is 11.5 Å². The zero-order valence-electron chi connectivity index (χ0n) is 17.1. The summed E-state index contributed by atoms with van der Waals surface area (Å²) in [7, 11) is 3.12. The molecule has 0 unspecified atom stereocenters. The summed E-state index contributed by atoms with van der Waals surface area (Å²) in [6, 6.07) is 22.4. The Labute approximate surface area is 179 Å². The van der Waals surface area contributed by atoms with Gasteiger partial charge in [0.15, 0.2) is 6.61 Å². The van der Waals surface area contributed by atoms with Crippen molar-refractivity contribution in [1.29, 1.82) is 0 Å². The largest absolute Gasteiger partial charge is 0.497 e. The fraction of sp³-hybridized carbons (Fsp3) is 0.125. The molecule has 3 aromatic carbocycles. The van der Waals surface area contributed by atoms with Gasteiger partial charge in [0, 0.05) is 6.07 Å². The van der Waals surface area contributed by atoms with E-state index in [0.717, 1.165) is 11.1 Å². The summed E-state index contributed by atoms with van der Waals surface area (Å²) in [6.45, 7) is -0.134. The van der Waals surface area contributed by atoms with Gasteiger partial charge in [-0.25, -0.2) is 4.79 Å². The highest BCUT2D eigenvalue weighted by Gasteiger charge is 2.16. The number of ether oxygens (including phenoxy) is 3. The molecule has 0 amide bonds. The van der Waals surface area contributed by atoms with Gasteiger partial charge in [0.25, 0.3) is 5.89 Å². The second-order valence-corrected chi connectivity index (χ2v) is 6.60. The molecule has 4 aromatic rings. The Bertz CT molecular complexity index is 1170. The Morgan fingerprint density at radius 2 is 1.65 bits per heavy atom. The van der Waals surface area contributed by atoms with E-state index in [1.807, 2.05) is 42.5 Å². The van der Waals surface area contributed by atoms with Gasteiger partial charge in [-0.15, -0.1) is 0 Å². The molecule has 0 radical (unpaired) electrons. The minimum absolute atomic E-state index is 0.134. The molecule has 0 fully saturated rings. The smallest absolute Gasteiger partial charge is 0.338 e. The second kappa shape index (κ2) is 9.13. The lowest BCUT2D eigenvalue weighted by Crippen LogP contribution is -2.05. The number of carbonyl (C=O) groups excluding carboxylic acids is 1. The molecule has 0 aliphatic carbocycles. The van der Waals surface area contributed by atoms with Gasteiger partial charge in [-0.1, -0.05) is 47.6 Å². The molecule has 0 spiro atoms. The number of hydrogen-bond donors (Lipinski definition) is 0. The SMILES string of the molecule is COc1ccc(-c2noc(COC(=O)c3ccc(-c4ccccc4)cc3)n2)c(OC)c1. The Morgan fingerprint density at radius 1 is 0.903 bits per heavy atom. The molecule has 0 aliphatic heterocycles. The highest BCUT2D eigenvalue weighted by molar-refractivity contribution is 5.90. The highest BCUT2D eigenvalue weighted by Crippen LogP contribution is 2.31. The summed E-state index contributed by atoms with van der Waals surface area (Å²) in [6.07, 6.45) is 0. The van der Waals surface area contributed by atoms with E-state index in [1.165, 1.54) is 0 Å². The lowest BCUT2D eigenvalue weighted by molar-refractivity contribution is 0.0430. The number of rotatable bonds is 7. The number of methoxy groups -OCH3 is 2. The Morgan fingerprint density at radius 3 is 2.35 bits per heavy atom. The van der Waals surface area contributed by atoms with Crippen LogP contribution >= 0.6 is 0 Å². The monoisotopic (exact) mass is 416 g/mol. The second-order valence-electron chi connectivity index (χ2n) is 6.60. The van der Waals surface area contributed by atoms with E-state index in [9.17, 15) is 4.79 Å². The molecule has 156 valence electrons. The molecule has 7 nitrogen and oxygen atoms in total. The van der Waals surface area contributed by atoms with Gasteiger partial charge in [-0.05, 0) is 35.4 Å². The molecule has 1 heterocycles. The first-order valence-corrected chi connectivity index (χ1v) is 9.55. The third-order valence-electron chi connectivity index (χ3n) is 4.67. The molecule has 31 heavy (non-hydrogen) atoms. The van der Waals surface area contributed by atoms with Gasteiger partial charge < -0.3 is 18.7 Å². The maximum absolute atomic E-state index is 12.4. The Balaban J connectivity index is 1.41. The van der Waals surface area contributed by atoms with Crippen LogP contribution in [0, 0.1) is 0 Å². The van der Waals surface area contributed by atoms with Crippen LogP contribution in [0.15, 0.2) is 77.3 Å². The van der Waals surface area contributed by atoms with Crippen LogP contribution in [0.25, 0.3) is 22.5 Å².